The fourth-order valence-electron chi connectivity index (χ4n) is 4.44. The van der Waals surface area contributed by atoms with Gasteiger partial charge < -0.3 is 9.64 Å². The van der Waals surface area contributed by atoms with Crippen LogP contribution in [0.25, 0.3) is 0 Å². The van der Waals surface area contributed by atoms with Gasteiger partial charge in [0, 0.05) is 30.7 Å². The molecule has 1 amide bonds. The third-order valence-electron chi connectivity index (χ3n) is 6.37. The van der Waals surface area contributed by atoms with E-state index in [9.17, 15) is 35.5 Å². The van der Waals surface area contributed by atoms with Gasteiger partial charge in [0.05, 0.1) is 11.3 Å². The molecule has 34 heavy (non-hydrogen) atoms. The van der Waals surface area contributed by atoms with E-state index in [4.69, 9.17) is 4.74 Å². The minimum absolute atomic E-state index is 0.0331. The average molecular weight is 490 g/mol. The molecule has 1 spiro atoms. The lowest BCUT2D eigenvalue weighted by Gasteiger charge is -2.57. The quantitative estimate of drug-likeness (QED) is 0.438. The van der Waals surface area contributed by atoms with E-state index in [-0.39, 0.29) is 36.8 Å². The molecule has 1 saturated carbocycles. The van der Waals surface area contributed by atoms with Crippen molar-refractivity contribution >= 4 is 17.5 Å². The Labute approximate surface area is 190 Å². The molecule has 0 aromatic heterocycles. The van der Waals surface area contributed by atoms with Crippen LogP contribution in [0, 0.1) is 11.2 Å². The summed E-state index contributed by atoms with van der Waals surface area (Å²) in [6.07, 6.45) is -8.82. The van der Waals surface area contributed by atoms with Crippen molar-refractivity contribution in [3.8, 4) is 5.75 Å². The number of halogens is 7. The zero-order chi connectivity index (χ0) is 24.9. The van der Waals surface area contributed by atoms with Gasteiger partial charge >= 0.3 is 18.4 Å². The summed E-state index contributed by atoms with van der Waals surface area (Å²) in [4.78, 5) is 15.2. The molecule has 2 aliphatic rings. The monoisotopic (exact) mass is 490 g/mol. The Hall–Kier alpha value is -2.98. The Bertz CT molecular complexity index is 1070. The zero-order valence-electron chi connectivity index (χ0n) is 18.1. The molecule has 0 unspecified atom stereocenters. The molecule has 2 aromatic rings. The number of hydrogen-bond donors (Lipinski definition) is 0. The van der Waals surface area contributed by atoms with Crippen molar-refractivity contribution in [2.45, 2.75) is 38.5 Å². The molecule has 0 atom stereocenters. The minimum atomic E-state index is -5.21. The Balaban J connectivity index is 1.76. The maximum Gasteiger partial charge on any atom is 0.420 e. The minimum Gasteiger partial charge on any atom is -0.407 e. The van der Waals surface area contributed by atoms with E-state index in [1.807, 2.05) is 0 Å². The maximum atomic E-state index is 13.9. The Morgan fingerprint density at radius 2 is 1.65 bits per heavy atom. The third kappa shape index (κ3) is 4.52. The summed E-state index contributed by atoms with van der Waals surface area (Å²) < 4.78 is 100. The molecule has 1 heterocycles. The first kappa shape index (κ1) is 24.2. The Kier molecular flexibility index (Phi) is 5.93. The summed E-state index contributed by atoms with van der Waals surface area (Å²) >= 11 is 0. The molecule has 4 nitrogen and oxygen atoms in total. The zero-order valence-corrected chi connectivity index (χ0v) is 18.1. The molecular weight excluding hydrogens is 469 g/mol. The molecule has 4 rings (SSSR count). The van der Waals surface area contributed by atoms with Gasteiger partial charge in [0.15, 0.2) is 5.75 Å². The van der Waals surface area contributed by atoms with Crippen LogP contribution in [-0.4, -0.2) is 25.7 Å². The first-order chi connectivity index (χ1) is 15.8. The number of hydrogen-bond acceptors (Lipinski definition) is 3. The normalized spacial score (nSPS) is 17.2. The van der Waals surface area contributed by atoms with Crippen LogP contribution in [0.5, 0.6) is 5.75 Å². The van der Waals surface area contributed by atoms with Crippen LogP contribution in [0.15, 0.2) is 36.4 Å². The third-order valence-corrected chi connectivity index (χ3v) is 6.37. The number of rotatable bonds is 4. The summed E-state index contributed by atoms with van der Waals surface area (Å²) in [5.74, 6) is -1.56. The van der Waals surface area contributed by atoms with Crippen molar-refractivity contribution < 1.29 is 40.3 Å². The lowest BCUT2D eigenvalue weighted by molar-refractivity contribution is -0.143. The van der Waals surface area contributed by atoms with Crippen LogP contribution >= 0.6 is 0 Å². The molecule has 1 aliphatic carbocycles. The van der Waals surface area contributed by atoms with Crippen molar-refractivity contribution in [3.05, 3.63) is 53.3 Å². The average Bonchev–Trinajstić information content (AvgIpc) is 2.67. The number of ether oxygens (including phenoxy) is 1. The van der Waals surface area contributed by atoms with Crippen LogP contribution in [-0.2, 0) is 12.4 Å². The number of anilines is 2. The second kappa shape index (κ2) is 8.35. The standard InChI is InChI=1S/C23H21F7N2O2/c1-2-32(16-6-4-15(24)5-7-16)20(33)34-19-17(23(28,29)30)10-14(22(25,26)27)11-18(19)31-12-21(13-31)8-3-9-21/h4-7,10-11H,2-3,8-9,12-13H2,1H3. The van der Waals surface area contributed by atoms with E-state index in [0.29, 0.717) is 6.07 Å². The molecule has 184 valence electrons. The van der Waals surface area contributed by atoms with E-state index < -0.39 is 46.8 Å². The van der Waals surface area contributed by atoms with Crippen LogP contribution < -0.4 is 14.5 Å². The van der Waals surface area contributed by atoms with Gasteiger partial charge in [0.25, 0.3) is 0 Å². The lowest BCUT2D eigenvalue weighted by Crippen LogP contribution is -2.60. The van der Waals surface area contributed by atoms with Crippen molar-refractivity contribution in [1.82, 2.24) is 0 Å². The van der Waals surface area contributed by atoms with Crippen LogP contribution in [0.3, 0.4) is 0 Å². The summed E-state index contributed by atoms with van der Waals surface area (Å²) in [5.41, 5.74) is -3.54. The SMILES string of the molecule is CCN(C(=O)Oc1c(N2CC3(CCC3)C2)cc(C(F)(F)F)cc1C(F)(F)F)c1ccc(F)cc1. The lowest BCUT2D eigenvalue weighted by atomic mass is 9.63. The van der Waals surface area contributed by atoms with Gasteiger partial charge in [-0.2, -0.15) is 26.3 Å². The van der Waals surface area contributed by atoms with E-state index in [2.05, 4.69) is 0 Å². The summed E-state index contributed by atoms with van der Waals surface area (Å²) in [6.45, 7) is 2.06. The van der Waals surface area contributed by atoms with E-state index >= 15 is 0 Å². The van der Waals surface area contributed by atoms with Gasteiger partial charge in [-0.05, 0) is 56.2 Å². The highest BCUT2D eigenvalue weighted by atomic mass is 19.4. The predicted molar refractivity (Wildman–Crippen MR) is 110 cm³/mol. The summed E-state index contributed by atoms with van der Waals surface area (Å²) in [6, 6.07) is 5.17. The molecule has 11 heteroatoms. The Morgan fingerprint density at radius 3 is 2.12 bits per heavy atom. The van der Waals surface area contributed by atoms with E-state index in [1.165, 1.54) is 24.0 Å². The molecule has 1 saturated heterocycles. The van der Waals surface area contributed by atoms with Gasteiger partial charge in [0.1, 0.15) is 11.4 Å². The largest absolute Gasteiger partial charge is 0.420 e. The number of carbonyl (C=O) groups is 1. The van der Waals surface area contributed by atoms with Gasteiger partial charge in [-0.15, -0.1) is 0 Å². The molecule has 0 bridgehead atoms. The second-order valence-corrected chi connectivity index (χ2v) is 8.67. The highest BCUT2D eigenvalue weighted by molar-refractivity contribution is 5.90. The van der Waals surface area contributed by atoms with Crippen LogP contribution in [0.2, 0.25) is 0 Å². The first-order valence-corrected chi connectivity index (χ1v) is 10.7. The maximum absolute atomic E-state index is 13.9. The predicted octanol–water partition coefficient (Wildman–Crippen LogP) is 6.88. The van der Waals surface area contributed by atoms with Crippen molar-refractivity contribution in [1.29, 1.82) is 0 Å². The van der Waals surface area contributed by atoms with Gasteiger partial charge in [-0.25, -0.2) is 9.18 Å². The van der Waals surface area contributed by atoms with Gasteiger partial charge in [0.2, 0.25) is 0 Å². The number of alkyl halides is 6. The first-order valence-electron chi connectivity index (χ1n) is 10.7. The van der Waals surface area contributed by atoms with Gasteiger partial charge in [-0.3, -0.25) is 4.90 Å². The molecule has 2 fully saturated rings. The fourth-order valence-corrected chi connectivity index (χ4v) is 4.44. The molecular formula is C23H21F7N2O2. The van der Waals surface area contributed by atoms with Crippen LogP contribution in [0.4, 0.5) is 46.9 Å². The molecule has 0 radical (unpaired) electrons. The molecule has 1 aliphatic heterocycles. The fraction of sp³-hybridized carbons (Fsp3) is 0.435. The van der Waals surface area contributed by atoms with Crippen molar-refractivity contribution in [3.63, 3.8) is 0 Å². The van der Waals surface area contributed by atoms with Crippen molar-refractivity contribution in [2.24, 2.45) is 5.41 Å². The summed E-state index contributed by atoms with van der Waals surface area (Å²) in [7, 11) is 0. The molecule has 2 aromatic carbocycles. The second-order valence-electron chi connectivity index (χ2n) is 8.67. The number of carbonyl (C=O) groups excluding carboxylic acids is 1. The van der Waals surface area contributed by atoms with E-state index in [1.54, 1.807) is 0 Å². The van der Waals surface area contributed by atoms with Crippen LogP contribution in [0.1, 0.15) is 37.3 Å². The smallest absolute Gasteiger partial charge is 0.407 e. The summed E-state index contributed by atoms with van der Waals surface area (Å²) in [5, 5.41) is 0. The van der Waals surface area contributed by atoms with E-state index in [0.717, 1.165) is 36.3 Å². The number of amides is 1. The highest BCUT2D eigenvalue weighted by Crippen LogP contribution is 2.53. The number of benzene rings is 2. The van der Waals surface area contributed by atoms with Gasteiger partial charge in [-0.1, -0.05) is 6.42 Å². The Morgan fingerprint density at radius 1 is 1.03 bits per heavy atom. The topological polar surface area (TPSA) is 32.8 Å². The number of nitrogens with zero attached hydrogens (tertiary/aromatic N) is 2. The highest BCUT2D eigenvalue weighted by Gasteiger charge is 2.50. The van der Waals surface area contributed by atoms with Crippen molar-refractivity contribution in [2.75, 3.05) is 29.4 Å². The molecule has 0 N–H and O–H groups in total.